The molecule has 0 aliphatic heterocycles. The highest BCUT2D eigenvalue weighted by Gasteiger charge is 2.32. The first-order valence-corrected chi connectivity index (χ1v) is 5.12. The van der Waals surface area contributed by atoms with Crippen molar-refractivity contribution < 1.29 is 18.0 Å². The summed E-state index contributed by atoms with van der Waals surface area (Å²) >= 11 is 0. The Labute approximate surface area is 101 Å². The van der Waals surface area contributed by atoms with Gasteiger partial charge in [-0.1, -0.05) is 12.1 Å². The highest BCUT2D eigenvalue weighted by atomic mass is 19.4. The van der Waals surface area contributed by atoms with E-state index in [0.29, 0.717) is 11.3 Å². The summed E-state index contributed by atoms with van der Waals surface area (Å²) in [6, 6.07) is 6.38. The Kier molecular flexibility index (Phi) is 2.94. The number of alkyl halides is 3. The van der Waals surface area contributed by atoms with Gasteiger partial charge in [0.1, 0.15) is 0 Å². The van der Waals surface area contributed by atoms with Crippen molar-refractivity contribution in [3.8, 4) is 5.69 Å². The third-order valence-corrected chi connectivity index (χ3v) is 2.44. The van der Waals surface area contributed by atoms with Crippen molar-refractivity contribution in [1.29, 1.82) is 0 Å². The van der Waals surface area contributed by atoms with Crippen LogP contribution >= 0.6 is 0 Å². The standard InChI is InChI=1S/C12H9F3N2O/c1-8(18)10-4-2-3-5-11(10)17-7-9(6-16-17)12(13,14)15/h2-7H,1H3. The summed E-state index contributed by atoms with van der Waals surface area (Å²) in [5.41, 5.74) is -0.185. The second kappa shape index (κ2) is 4.29. The molecule has 0 saturated heterocycles. The molecular weight excluding hydrogens is 245 g/mol. The van der Waals surface area contributed by atoms with Crippen molar-refractivity contribution in [2.45, 2.75) is 13.1 Å². The van der Waals surface area contributed by atoms with E-state index in [1.54, 1.807) is 24.3 Å². The number of aromatic nitrogens is 2. The quantitative estimate of drug-likeness (QED) is 0.772. The minimum Gasteiger partial charge on any atom is -0.294 e. The van der Waals surface area contributed by atoms with Crippen molar-refractivity contribution in [2.24, 2.45) is 0 Å². The Balaban J connectivity index is 2.50. The van der Waals surface area contributed by atoms with E-state index in [1.165, 1.54) is 6.92 Å². The zero-order valence-electron chi connectivity index (χ0n) is 9.40. The van der Waals surface area contributed by atoms with Crippen LogP contribution in [0.1, 0.15) is 22.8 Å². The van der Waals surface area contributed by atoms with Crippen LogP contribution in [0.25, 0.3) is 5.69 Å². The minimum absolute atomic E-state index is 0.227. The summed E-state index contributed by atoms with van der Waals surface area (Å²) < 4.78 is 38.4. The first kappa shape index (κ1) is 12.3. The largest absolute Gasteiger partial charge is 0.419 e. The smallest absolute Gasteiger partial charge is 0.294 e. The lowest BCUT2D eigenvalue weighted by atomic mass is 10.1. The monoisotopic (exact) mass is 254 g/mol. The van der Waals surface area contributed by atoms with Crippen LogP contribution < -0.4 is 0 Å². The Morgan fingerprint density at radius 2 is 1.94 bits per heavy atom. The fourth-order valence-corrected chi connectivity index (χ4v) is 1.57. The second-order valence-electron chi connectivity index (χ2n) is 3.74. The first-order valence-electron chi connectivity index (χ1n) is 5.12. The predicted octanol–water partition coefficient (Wildman–Crippen LogP) is 3.09. The van der Waals surface area contributed by atoms with Crippen LogP contribution in [0.3, 0.4) is 0 Å². The summed E-state index contributed by atoms with van der Waals surface area (Å²) in [6.07, 6.45) is -2.85. The maximum Gasteiger partial charge on any atom is 0.419 e. The number of carbonyl (C=O) groups excluding carboxylic acids is 1. The fourth-order valence-electron chi connectivity index (χ4n) is 1.57. The van der Waals surface area contributed by atoms with E-state index in [-0.39, 0.29) is 5.78 Å². The number of carbonyl (C=O) groups is 1. The van der Waals surface area contributed by atoms with Gasteiger partial charge < -0.3 is 0 Å². The average molecular weight is 254 g/mol. The molecule has 0 bridgehead atoms. The van der Waals surface area contributed by atoms with E-state index in [9.17, 15) is 18.0 Å². The molecule has 1 aromatic carbocycles. The number of Topliss-reactive ketones (excluding diaryl/α,β-unsaturated/α-hetero) is 1. The van der Waals surface area contributed by atoms with Gasteiger partial charge in [0.25, 0.3) is 0 Å². The second-order valence-corrected chi connectivity index (χ2v) is 3.74. The Morgan fingerprint density at radius 1 is 1.28 bits per heavy atom. The topological polar surface area (TPSA) is 34.9 Å². The van der Waals surface area contributed by atoms with Crippen LogP contribution in [0.15, 0.2) is 36.7 Å². The van der Waals surface area contributed by atoms with Crippen molar-refractivity contribution in [3.05, 3.63) is 47.8 Å². The normalized spacial score (nSPS) is 11.6. The summed E-state index contributed by atoms with van der Waals surface area (Å²) in [4.78, 5) is 11.4. The molecule has 6 heteroatoms. The lowest BCUT2D eigenvalue weighted by Gasteiger charge is -2.06. The highest BCUT2D eigenvalue weighted by molar-refractivity contribution is 5.97. The Bertz CT molecular complexity index is 587. The van der Waals surface area contributed by atoms with Gasteiger partial charge in [0.05, 0.1) is 17.4 Å². The van der Waals surface area contributed by atoms with E-state index in [2.05, 4.69) is 5.10 Å². The molecule has 94 valence electrons. The molecular formula is C12H9F3N2O. The van der Waals surface area contributed by atoms with E-state index in [4.69, 9.17) is 0 Å². The Morgan fingerprint density at radius 3 is 2.50 bits per heavy atom. The molecule has 1 aromatic heterocycles. The van der Waals surface area contributed by atoms with Crippen LogP contribution in [0.5, 0.6) is 0 Å². The summed E-state index contributed by atoms with van der Waals surface area (Å²) in [6.45, 7) is 1.35. The molecule has 0 aliphatic carbocycles. The molecule has 2 rings (SSSR count). The van der Waals surface area contributed by atoms with Gasteiger partial charge in [-0.15, -0.1) is 0 Å². The van der Waals surface area contributed by atoms with Crippen molar-refractivity contribution in [3.63, 3.8) is 0 Å². The lowest BCUT2D eigenvalue weighted by Crippen LogP contribution is -2.05. The van der Waals surface area contributed by atoms with E-state index >= 15 is 0 Å². The summed E-state index contributed by atoms with van der Waals surface area (Å²) in [5.74, 6) is -0.227. The molecule has 0 saturated carbocycles. The van der Waals surface area contributed by atoms with Crippen LogP contribution in [-0.4, -0.2) is 15.6 Å². The van der Waals surface area contributed by atoms with Crippen molar-refractivity contribution in [2.75, 3.05) is 0 Å². The van der Waals surface area contributed by atoms with Gasteiger partial charge in [-0.3, -0.25) is 4.79 Å². The molecule has 1 heterocycles. The molecule has 0 amide bonds. The maximum absolute atomic E-state index is 12.5. The number of rotatable bonds is 2. The van der Waals surface area contributed by atoms with Gasteiger partial charge in [0.15, 0.2) is 5.78 Å². The van der Waals surface area contributed by atoms with Gasteiger partial charge in [-0.2, -0.15) is 18.3 Å². The molecule has 0 fully saturated rings. The molecule has 0 unspecified atom stereocenters. The number of ketones is 1. The van der Waals surface area contributed by atoms with Crippen LogP contribution in [0.4, 0.5) is 13.2 Å². The minimum atomic E-state index is -4.44. The third-order valence-electron chi connectivity index (χ3n) is 2.44. The van der Waals surface area contributed by atoms with Crippen LogP contribution in [-0.2, 0) is 6.18 Å². The van der Waals surface area contributed by atoms with Crippen molar-refractivity contribution in [1.82, 2.24) is 9.78 Å². The number of halogens is 3. The molecule has 0 atom stereocenters. The molecule has 0 aliphatic rings. The molecule has 0 radical (unpaired) electrons. The zero-order chi connectivity index (χ0) is 13.3. The number of hydrogen-bond donors (Lipinski definition) is 0. The van der Waals surface area contributed by atoms with Gasteiger partial charge in [-0.25, -0.2) is 4.68 Å². The van der Waals surface area contributed by atoms with Gasteiger partial charge in [0.2, 0.25) is 0 Å². The van der Waals surface area contributed by atoms with Crippen molar-refractivity contribution >= 4 is 5.78 Å². The zero-order valence-corrected chi connectivity index (χ0v) is 9.40. The number of hydrogen-bond acceptors (Lipinski definition) is 2. The average Bonchev–Trinajstić information content (AvgIpc) is 2.77. The van der Waals surface area contributed by atoms with Gasteiger partial charge in [0, 0.05) is 11.8 Å². The molecule has 3 nitrogen and oxygen atoms in total. The third kappa shape index (κ3) is 2.27. The van der Waals surface area contributed by atoms with E-state index in [1.807, 2.05) is 0 Å². The number of benzene rings is 1. The molecule has 0 spiro atoms. The summed E-state index contributed by atoms with van der Waals surface area (Å²) in [7, 11) is 0. The molecule has 18 heavy (non-hydrogen) atoms. The van der Waals surface area contributed by atoms with Gasteiger partial charge in [-0.05, 0) is 19.1 Å². The van der Waals surface area contributed by atoms with Crippen LogP contribution in [0, 0.1) is 0 Å². The molecule has 0 N–H and O–H groups in total. The fraction of sp³-hybridized carbons (Fsp3) is 0.167. The summed E-state index contributed by atoms with van der Waals surface area (Å²) in [5, 5.41) is 3.64. The maximum atomic E-state index is 12.5. The lowest BCUT2D eigenvalue weighted by molar-refractivity contribution is -0.137. The number of para-hydroxylation sites is 1. The van der Waals surface area contributed by atoms with E-state index < -0.39 is 11.7 Å². The Hall–Kier alpha value is -2.11. The first-order chi connectivity index (χ1) is 8.39. The predicted molar refractivity (Wildman–Crippen MR) is 58.6 cm³/mol. The number of nitrogens with zero attached hydrogens (tertiary/aromatic N) is 2. The van der Waals surface area contributed by atoms with Crippen LogP contribution in [0.2, 0.25) is 0 Å². The SMILES string of the molecule is CC(=O)c1ccccc1-n1cc(C(F)(F)F)cn1. The highest BCUT2D eigenvalue weighted by Crippen LogP contribution is 2.29. The van der Waals surface area contributed by atoms with E-state index in [0.717, 1.165) is 17.1 Å². The van der Waals surface area contributed by atoms with Gasteiger partial charge >= 0.3 is 6.18 Å². The molecule has 2 aromatic rings.